The van der Waals surface area contributed by atoms with E-state index < -0.39 is 0 Å². The third-order valence-corrected chi connectivity index (χ3v) is 5.56. The van der Waals surface area contributed by atoms with Gasteiger partial charge in [-0.25, -0.2) is 14.5 Å². The maximum absolute atomic E-state index is 4.82. The van der Waals surface area contributed by atoms with Crippen molar-refractivity contribution in [3.05, 3.63) is 54.6 Å². The summed E-state index contributed by atoms with van der Waals surface area (Å²) in [7, 11) is 0. The Kier molecular flexibility index (Phi) is 4.05. The molecule has 1 aliphatic rings. The topological polar surface area (TPSA) is 59.2 Å². The molecule has 0 saturated carbocycles. The Hall–Kier alpha value is -2.86. The summed E-state index contributed by atoms with van der Waals surface area (Å²) >= 11 is 0. The zero-order chi connectivity index (χ0) is 18.2. The number of rotatable bonds is 4. The Morgan fingerprint density at radius 1 is 1.15 bits per heavy atom. The average molecular weight is 358 g/mol. The van der Waals surface area contributed by atoms with Crippen molar-refractivity contribution in [1.82, 2.24) is 29.5 Å². The molecule has 0 N–H and O–H groups in total. The van der Waals surface area contributed by atoms with E-state index in [9.17, 15) is 0 Å². The van der Waals surface area contributed by atoms with Crippen molar-refractivity contribution in [3.63, 3.8) is 0 Å². The van der Waals surface area contributed by atoms with Crippen LogP contribution in [0.15, 0.2) is 49.1 Å². The van der Waals surface area contributed by atoms with E-state index in [0.717, 1.165) is 35.8 Å². The van der Waals surface area contributed by atoms with Gasteiger partial charge < -0.3 is 4.90 Å². The first-order valence-electron chi connectivity index (χ1n) is 9.56. The van der Waals surface area contributed by atoms with Crippen molar-refractivity contribution in [2.24, 2.45) is 0 Å². The predicted molar refractivity (Wildman–Crippen MR) is 105 cm³/mol. The van der Waals surface area contributed by atoms with Gasteiger partial charge in [-0.15, -0.1) is 0 Å². The van der Waals surface area contributed by atoms with E-state index in [1.165, 1.54) is 36.7 Å². The van der Waals surface area contributed by atoms with Gasteiger partial charge in [-0.05, 0) is 56.5 Å². The van der Waals surface area contributed by atoms with Crippen LogP contribution in [0, 0.1) is 0 Å². The van der Waals surface area contributed by atoms with Gasteiger partial charge in [-0.3, -0.25) is 0 Å². The molecule has 6 heteroatoms. The van der Waals surface area contributed by atoms with Crippen LogP contribution >= 0.6 is 0 Å². The largest absolute Gasteiger partial charge is 0.300 e. The number of pyridine rings is 1. The van der Waals surface area contributed by atoms with Crippen molar-refractivity contribution >= 4 is 16.7 Å². The van der Waals surface area contributed by atoms with Crippen LogP contribution in [0.2, 0.25) is 0 Å². The maximum atomic E-state index is 4.82. The standard InChI is InChI=1S/C21H22N6/c1-15-3-2-9-26(15)10-8-16-4-6-19-17(11-16)5-7-20(25-19)18-12-22-21-23-14-24-27(21)13-18/h4-7,11-15H,2-3,8-10H2,1H3. The lowest BCUT2D eigenvalue weighted by molar-refractivity contribution is 0.272. The summed E-state index contributed by atoms with van der Waals surface area (Å²) in [6.45, 7) is 4.72. The highest BCUT2D eigenvalue weighted by molar-refractivity contribution is 5.82. The number of nitrogens with zero attached hydrogens (tertiary/aromatic N) is 6. The molecule has 5 rings (SSSR count). The molecule has 27 heavy (non-hydrogen) atoms. The summed E-state index contributed by atoms with van der Waals surface area (Å²) < 4.78 is 1.67. The Balaban J connectivity index is 1.39. The third-order valence-electron chi connectivity index (χ3n) is 5.56. The zero-order valence-electron chi connectivity index (χ0n) is 15.4. The molecule has 4 heterocycles. The molecule has 1 fully saturated rings. The number of hydrogen-bond acceptors (Lipinski definition) is 5. The molecule has 1 saturated heterocycles. The van der Waals surface area contributed by atoms with Crippen molar-refractivity contribution < 1.29 is 0 Å². The first-order chi connectivity index (χ1) is 13.3. The van der Waals surface area contributed by atoms with Gasteiger partial charge in [-0.2, -0.15) is 10.1 Å². The molecule has 0 bridgehead atoms. The molecule has 6 nitrogen and oxygen atoms in total. The number of aromatic nitrogens is 5. The van der Waals surface area contributed by atoms with E-state index in [4.69, 9.17) is 4.98 Å². The summed E-state index contributed by atoms with van der Waals surface area (Å²) in [4.78, 5) is 15.8. The molecule has 0 amide bonds. The molecule has 4 aromatic rings. The van der Waals surface area contributed by atoms with Crippen molar-refractivity contribution in [1.29, 1.82) is 0 Å². The molecule has 1 unspecified atom stereocenters. The van der Waals surface area contributed by atoms with Crippen LogP contribution in [0.1, 0.15) is 25.3 Å². The van der Waals surface area contributed by atoms with Crippen LogP contribution in [0.3, 0.4) is 0 Å². The van der Waals surface area contributed by atoms with Gasteiger partial charge in [0.15, 0.2) is 0 Å². The lowest BCUT2D eigenvalue weighted by atomic mass is 10.1. The van der Waals surface area contributed by atoms with Crippen molar-refractivity contribution in [2.75, 3.05) is 13.1 Å². The molecule has 0 radical (unpaired) electrons. The molecule has 1 atom stereocenters. The molecular formula is C21H22N6. The van der Waals surface area contributed by atoms with Crippen LogP contribution in [0.4, 0.5) is 0 Å². The van der Waals surface area contributed by atoms with Crippen molar-refractivity contribution in [2.45, 2.75) is 32.2 Å². The highest BCUT2D eigenvalue weighted by atomic mass is 15.3. The Morgan fingerprint density at radius 3 is 3.00 bits per heavy atom. The second kappa shape index (κ2) is 6.70. The molecule has 1 aliphatic heterocycles. The first kappa shape index (κ1) is 16.3. The van der Waals surface area contributed by atoms with E-state index in [1.807, 2.05) is 6.20 Å². The Morgan fingerprint density at radius 2 is 2.11 bits per heavy atom. The van der Waals surface area contributed by atoms with Crippen LogP contribution in [0.5, 0.6) is 0 Å². The molecule has 0 aliphatic carbocycles. The Labute approximate surface area is 157 Å². The SMILES string of the molecule is CC1CCCN1CCc1ccc2nc(-c3cnc4ncnn4c3)ccc2c1. The quantitative estimate of drug-likeness (QED) is 0.560. The lowest BCUT2D eigenvalue weighted by Crippen LogP contribution is -2.28. The predicted octanol–water partition coefficient (Wildman–Crippen LogP) is 3.37. The highest BCUT2D eigenvalue weighted by Crippen LogP contribution is 2.22. The minimum atomic E-state index is 0.594. The summed E-state index contributed by atoms with van der Waals surface area (Å²) in [6.07, 6.45) is 8.97. The molecule has 136 valence electrons. The van der Waals surface area contributed by atoms with Crippen LogP contribution < -0.4 is 0 Å². The van der Waals surface area contributed by atoms with E-state index in [0.29, 0.717) is 5.78 Å². The number of benzene rings is 1. The molecule has 0 spiro atoms. The van der Waals surface area contributed by atoms with Gasteiger partial charge in [0.25, 0.3) is 5.78 Å². The van der Waals surface area contributed by atoms with Gasteiger partial charge in [-0.1, -0.05) is 12.1 Å². The van der Waals surface area contributed by atoms with Gasteiger partial charge >= 0.3 is 0 Å². The summed E-state index contributed by atoms with van der Waals surface area (Å²) in [5.74, 6) is 0.594. The second-order valence-electron chi connectivity index (χ2n) is 7.35. The first-order valence-corrected chi connectivity index (χ1v) is 9.56. The van der Waals surface area contributed by atoms with Gasteiger partial charge in [0.1, 0.15) is 6.33 Å². The summed E-state index contributed by atoms with van der Waals surface area (Å²) in [5.41, 5.74) is 4.21. The molecule has 1 aromatic carbocycles. The highest BCUT2D eigenvalue weighted by Gasteiger charge is 2.19. The van der Waals surface area contributed by atoms with E-state index in [2.05, 4.69) is 57.2 Å². The summed E-state index contributed by atoms with van der Waals surface area (Å²) in [6, 6.07) is 11.5. The fourth-order valence-electron chi connectivity index (χ4n) is 3.94. The molecular weight excluding hydrogens is 336 g/mol. The fourth-order valence-corrected chi connectivity index (χ4v) is 3.94. The van der Waals surface area contributed by atoms with E-state index >= 15 is 0 Å². The maximum Gasteiger partial charge on any atom is 0.252 e. The minimum absolute atomic E-state index is 0.594. The van der Waals surface area contributed by atoms with Gasteiger partial charge in [0.05, 0.1) is 11.2 Å². The zero-order valence-corrected chi connectivity index (χ0v) is 15.4. The van der Waals surface area contributed by atoms with E-state index in [-0.39, 0.29) is 0 Å². The number of likely N-dealkylation sites (tertiary alicyclic amines) is 1. The minimum Gasteiger partial charge on any atom is -0.300 e. The normalized spacial score (nSPS) is 17.9. The van der Waals surface area contributed by atoms with Crippen LogP contribution in [-0.2, 0) is 6.42 Å². The lowest BCUT2D eigenvalue weighted by Gasteiger charge is -2.20. The Bertz CT molecular complexity index is 1100. The van der Waals surface area contributed by atoms with E-state index in [1.54, 1.807) is 10.7 Å². The average Bonchev–Trinajstić information content (AvgIpc) is 3.33. The smallest absolute Gasteiger partial charge is 0.252 e. The number of fused-ring (bicyclic) bond motifs is 2. The second-order valence-corrected chi connectivity index (χ2v) is 7.35. The molecule has 3 aromatic heterocycles. The van der Waals surface area contributed by atoms with Crippen LogP contribution in [-0.4, -0.2) is 48.6 Å². The van der Waals surface area contributed by atoms with Crippen LogP contribution in [0.25, 0.3) is 27.9 Å². The monoisotopic (exact) mass is 358 g/mol. The van der Waals surface area contributed by atoms with Gasteiger partial charge in [0.2, 0.25) is 0 Å². The summed E-state index contributed by atoms with van der Waals surface area (Å²) in [5, 5.41) is 5.33. The third kappa shape index (κ3) is 3.17. The fraction of sp³-hybridized carbons (Fsp3) is 0.333. The number of hydrogen-bond donors (Lipinski definition) is 0. The van der Waals surface area contributed by atoms with Gasteiger partial charge in [0, 0.05) is 35.9 Å². The van der Waals surface area contributed by atoms with Crippen molar-refractivity contribution in [3.8, 4) is 11.3 Å².